The molecule has 0 saturated heterocycles. The topological polar surface area (TPSA) is 53.7 Å². The first-order chi connectivity index (χ1) is 8.11. The number of carbonyl (C=O) groups excluding carboxylic acids is 1. The predicted octanol–water partition coefficient (Wildman–Crippen LogP) is 1.68. The minimum absolute atomic E-state index is 0.0111. The highest BCUT2D eigenvalue weighted by Gasteiger charge is 2.29. The molecular weight excluding hydrogens is 218 g/mol. The average Bonchev–Trinajstić information content (AvgIpc) is 2.73. The zero-order valence-electron chi connectivity index (χ0n) is 10.3. The highest BCUT2D eigenvalue weighted by Crippen LogP contribution is 2.28. The van der Waals surface area contributed by atoms with Gasteiger partial charge in [-0.3, -0.25) is 4.79 Å². The quantitative estimate of drug-likeness (QED) is 0.867. The van der Waals surface area contributed by atoms with Crippen molar-refractivity contribution in [3.8, 4) is 0 Å². The molecule has 0 bridgehead atoms. The van der Waals surface area contributed by atoms with Crippen LogP contribution in [0.5, 0.6) is 0 Å². The van der Waals surface area contributed by atoms with Crippen LogP contribution in [-0.2, 0) is 6.42 Å². The third-order valence-corrected chi connectivity index (χ3v) is 3.39. The summed E-state index contributed by atoms with van der Waals surface area (Å²) < 4.78 is 5.26. The molecule has 0 spiro atoms. The van der Waals surface area contributed by atoms with E-state index >= 15 is 0 Å². The lowest BCUT2D eigenvalue weighted by Gasteiger charge is -2.34. The van der Waals surface area contributed by atoms with E-state index in [9.17, 15) is 9.90 Å². The number of carbonyl (C=O) groups is 1. The molecule has 17 heavy (non-hydrogen) atoms. The summed E-state index contributed by atoms with van der Waals surface area (Å²) in [6.45, 7) is 2.68. The van der Waals surface area contributed by atoms with Crippen molar-refractivity contribution in [2.24, 2.45) is 5.92 Å². The lowest BCUT2D eigenvalue weighted by molar-refractivity contribution is 0.0265. The lowest BCUT2D eigenvalue weighted by atomic mass is 9.82. The Hall–Kier alpha value is -1.29. The van der Waals surface area contributed by atoms with Gasteiger partial charge < -0.3 is 14.4 Å². The van der Waals surface area contributed by atoms with Crippen LogP contribution in [-0.4, -0.2) is 35.6 Å². The van der Waals surface area contributed by atoms with E-state index in [0.717, 1.165) is 25.0 Å². The summed E-state index contributed by atoms with van der Waals surface area (Å²) in [6.07, 6.45) is 3.74. The molecule has 0 aliphatic heterocycles. The molecule has 2 rings (SSSR count). The zero-order chi connectivity index (χ0) is 12.4. The Balaban J connectivity index is 1.95. The Kier molecular flexibility index (Phi) is 3.52. The van der Waals surface area contributed by atoms with Crippen molar-refractivity contribution in [2.45, 2.75) is 32.3 Å². The maximum atomic E-state index is 12.1. The third-order valence-electron chi connectivity index (χ3n) is 3.39. The van der Waals surface area contributed by atoms with Gasteiger partial charge in [0.1, 0.15) is 5.76 Å². The van der Waals surface area contributed by atoms with Crippen molar-refractivity contribution in [3.05, 3.63) is 23.7 Å². The molecule has 4 heteroatoms. The second-order valence-corrected chi connectivity index (χ2v) is 4.79. The van der Waals surface area contributed by atoms with Crippen LogP contribution >= 0.6 is 0 Å². The number of aryl methyl sites for hydroxylation is 1. The first-order valence-electron chi connectivity index (χ1n) is 6.11. The number of furan rings is 1. The van der Waals surface area contributed by atoms with E-state index in [1.165, 1.54) is 0 Å². The van der Waals surface area contributed by atoms with Gasteiger partial charge in [0, 0.05) is 20.0 Å². The summed E-state index contributed by atoms with van der Waals surface area (Å²) in [5.41, 5.74) is 0.662. The van der Waals surface area contributed by atoms with Gasteiger partial charge in [-0.15, -0.1) is 0 Å². The van der Waals surface area contributed by atoms with Crippen LogP contribution in [0.3, 0.4) is 0 Å². The fraction of sp³-hybridized carbons (Fsp3) is 0.615. The minimum atomic E-state index is -0.163. The van der Waals surface area contributed by atoms with E-state index in [4.69, 9.17) is 4.42 Å². The van der Waals surface area contributed by atoms with Crippen molar-refractivity contribution >= 4 is 5.91 Å². The molecule has 0 atom stereocenters. The Morgan fingerprint density at radius 2 is 2.29 bits per heavy atom. The van der Waals surface area contributed by atoms with Gasteiger partial charge in [0.15, 0.2) is 0 Å². The maximum absolute atomic E-state index is 12.1. The zero-order valence-corrected chi connectivity index (χ0v) is 10.3. The largest absolute Gasteiger partial charge is 0.469 e. The SMILES string of the molecule is CCc1occc1C(=O)N(C)CC1CC(O)C1. The van der Waals surface area contributed by atoms with Crippen molar-refractivity contribution < 1.29 is 14.3 Å². The molecule has 1 aliphatic rings. The average molecular weight is 237 g/mol. The van der Waals surface area contributed by atoms with Crippen LogP contribution in [0.4, 0.5) is 0 Å². The molecule has 4 nitrogen and oxygen atoms in total. The summed E-state index contributed by atoms with van der Waals surface area (Å²) in [6, 6.07) is 1.73. The van der Waals surface area contributed by atoms with Crippen LogP contribution in [0, 0.1) is 5.92 Å². The van der Waals surface area contributed by atoms with Gasteiger partial charge in [-0.25, -0.2) is 0 Å². The molecular formula is C13H19NO3. The van der Waals surface area contributed by atoms with E-state index in [1.807, 2.05) is 6.92 Å². The number of hydrogen-bond donors (Lipinski definition) is 1. The Morgan fingerprint density at radius 1 is 1.59 bits per heavy atom. The monoisotopic (exact) mass is 237 g/mol. The van der Waals surface area contributed by atoms with Crippen molar-refractivity contribution in [2.75, 3.05) is 13.6 Å². The van der Waals surface area contributed by atoms with E-state index in [2.05, 4.69) is 0 Å². The number of nitrogens with zero attached hydrogens (tertiary/aromatic N) is 1. The van der Waals surface area contributed by atoms with E-state index in [0.29, 0.717) is 18.0 Å². The van der Waals surface area contributed by atoms with Crippen molar-refractivity contribution in [1.29, 1.82) is 0 Å². The molecule has 1 amide bonds. The van der Waals surface area contributed by atoms with Gasteiger partial charge in [-0.05, 0) is 24.8 Å². The van der Waals surface area contributed by atoms with Crippen LogP contribution in [0.1, 0.15) is 35.9 Å². The van der Waals surface area contributed by atoms with Gasteiger partial charge in [0.2, 0.25) is 0 Å². The number of aliphatic hydroxyl groups is 1. The first kappa shape index (κ1) is 12.2. The number of hydrogen-bond acceptors (Lipinski definition) is 3. The maximum Gasteiger partial charge on any atom is 0.257 e. The predicted molar refractivity (Wildman–Crippen MR) is 63.8 cm³/mol. The fourth-order valence-corrected chi connectivity index (χ4v) is 2.33. The molecule has 1 aromatic rings. The third kappa shape index (κ3) is 2.52. The summed E-state index contributed by atoms with van der Waals surface area (Å²) in [5, 5.41) is 9.22. The minimum Gasteiger partial charge on any atom is -0.469 e. The molecule has 94 valence electrons. The van der Waals surface area contributed by atoms with Crippen LogP contribution in [0.15, 0.2) is 16.7 Å². The summed E-state index contributed by atoms with van der Waals surface area (Å²) >= 11 is 0. The van der Waals surface area contributed by atoms with Crippen molar-refractivity contribution in [1.82, 2.24) is 4.90 Å². The first-order valence-corrected chi connectivity index (χ1v) is 6.11. The molecule has 1 aromatic heterocycles. The second kappa shape index (κ2) is 4.92. The van der Waals surface area contributed by atoms with Gasteiger partial charge in [-0.1, -0.05) is 6.92 Å². The highest BCUT2D eigenvalue weighted by molar-refractivity contribution is 5.95. The molecule has 1 saturated carbocycles. The van der Waals surface area contributed by atoms with Crippen molar-refractivity contribution in [3.63, 3.8) is 0 Å². The van der Waals surface area contributed by atoms with Gasteiger partial charge in [-0.2, -0.15) is 0 Å². The normalized spacial score (nSPS) is 23.2. The van der Waals surface area contributed by atoms with Gasteiger partial charge in [0.25, 0.3) is 5.91 Å². The summed E-state index contributed by atoms with van der Waals surface area (Å²) in [5.74, 6) is 1.20. The van der Waals surface area contributed by atoms with Crippen LogP contribution in [0.2, 0.25) is 0 Å². The van der Waals surface area contributed by atoms with Crippen LogP contribution < -0.4 is 0 Å². The Labute approximate surface area is 101 Å². The molecule has 1 heterocycles. The number of amides is 1. The molecule has 1 N–H and O–H groups in total. The lowest BCUT2D eigenvalue weighted by Crippen LogP contribution is -2.39. The standard InChI is InChI=1S/C13H19NO3/c1-3-12-11(4-5-17-12)13(16)14(2)8-9-6-10(15)7-9/h4-5,9-10,15H,3,6-8H2,1-2H3. The smallest absolute Gasteiger partial charge is 0.257 e. The highest BCUT2D eigenvalue weighted by atomic mass is 16.3. The van der Waals surface area contributed by atoms with Crippen LogP contribution in [0.25, 0.3) is 0 Å². The fourth-order valence-electron chi connectivity index (χ4n) is 2.33. The molecule has 0 unspecified atom stereocenters. The Morgan fingerprint density at radius 3 is 2.88 bits per heavy atom. The molecule has 1 fully saturated rings. The summed E-state index contributed by atoms with van der Waals surface area (Å²) in [4.78, 5) is 13.9. The number of aliphatic hydroxyl groups excluding tert-OH is 1. The van der Waals surface area contributed by atoms with Gasteiger partial charge in [0.05, 0.1) is 17.9 Å². The molecule has 0 aromatic carbocycles. The summed E-state index contributed by atoms with van der Waals surface area (Å²) in [7, 11) is 1.81. The number of rotatable bonds is 4. The van der Waals surface area contributed by atoms with Gasteiger partial charge >= 0.3 is 0 Å². The molecule has 0 radical (unpaired) electrons. The van der Waals surface area contributed by atoms with E-state index < -0.39 is 0 Å². The van der Waals surface area contributed by atoms with E-state index in [-0.39, 0.29) is 12.0 Å². The Bertz CT molecular complexity index is 393. The second-order valence-electron chi connectivity index (χ2n) is 4.79. The van der Waals surface area contributed by atoms with E-state index in [1.54, 1.807) is 24.3 Å². The molecule has 1 aliphatic carbocycles.